The van der Waals surface area contributed by atoms with E-state index in [1.165, 1.54) is 31.2 Å². The largest absolute Gasteiger partial charge is 0.578 e. The van der Waals surface area contributed by atoms with Gasteiger partial charge in [-0.3, -0.25) is 0 Å². The average Bonchev–Trinajstić information content (AvgIpc) is 3.25. The number of aromatic nitrogens is 1. The van der Waals surface area contributed by atoms with Crippen LogP contribution in [0, 0.1) is 6.92 Å². The van der Waals surface area contributed by atoms with Gasteiger partial charge in [0.2, 0.25) is 0 Å². The number of piperidine rings is 1. The van der Waals surface area contributed by atoms with Crippen LogP contribution in [0.4, 0.5) is 5.82 Å². The van der Waals surface area contributed by atoms with Crippen LogP contribution in [0.3, 0.4) is 0 Å². The number of rotatable bonds is 6. The van der Waals surface area contributed by atoms with Crippen molar-refractivity contribution in [3.05, 3.63) is 35.4 Å². The Balaban J connectivity index is 1.65. The SMILES string of the molecule is COC1CN(c2nc3ccc(C)cc3cc2/C([OH2+])=N/C(C)N)CCC1NC1CCCC1. The fourth-order valence-electron chi connectivity index (χ4n) is 4.91. The maximum Gasteiger partial charge on any atom is 0.365 e. The van der Waals surface area contributed by atoms with Crippen molar-refractivity contribution in [2.24, 2.45) is 10.7 Å². The zero-order chi connectivity index (χ0) is 22.0. The molecule has 0 amide bonds. The molecular formula is C24H36N5O2+. The van der Waals surface area contributed by atoms with Gasteiger partial charge in [-0.2, -0.15) is 4.99 Å². The van der Waals surface area contributed by atoms with E-state index in [-0.39, 0.29) is 12.0 Å². The third kappa shape index (κ3) is 5.00. The zero-order valence-corrected chi connectivity index (χ0v) is 18.9. The summed E-state index contributed by atoms with van der Waals surface area (Å²) in [5.41, 5.74) is 8.69. The summed E-state index contributed by atoms with van der Waals surface area (Å²) in [5, 5.41) is 13.4. The highest BCUT2D eigenvalue weighted by molar-refractivity contribution is 6.01. The summed E-state index contributed by atoms with van der Waals surface area (Å²) in [6, 6.07) is 9.22. The number of nitrogens with zero attached hydrogens (tertiary/aromatic N) is 3. The highest BCUT2D eigenvalue weighted by Crippen LogP contribution is 2.29. The third-order valence-electron chi connectivity index (χ3n) is 6.50. The molecule has 1 aromatic heterocycles. The molecule has 0 radical (unpaired) electrons. The van der Waals surface area contributed by atoms with Crippen LogP contribution >= 0.6 is 0 Å². The second kappa shape index (κ2) is 9.51. The van der Waals surface area contributed by atoms with E-state index in [0.29, 0.717) is 12.1 Å². The molecule has 1 saturated carbocycles. The normalized spacial score (nSPS) is 24.1. The predicted octanol–water partition coefficient (Wildman–Crippen LogP) is 2.45. The van der Waals surface area contributed by atoms with Crippen molar-refractivity contribution in [1.29, 1.82) is 0 Å². The number of ether oxygens (including phenoxy) is 1. The Labute approximate surface area is 184 Å². The highest BCUT2D eigenvalue weighted by atomic mass is 16.5. The summed E-state index contributed by atoms with van der Waals surface area (Å²) in [7, 11) is 1.79. The van der Waals surface area contributed by atoms with Crippen LogP contribution in [-0.4, -0.2) is 60.5 Å². The lowest BCUT2D eigenvalue weighted by atomic mass is 9.99. The van der Waals surface area contributed by atoms with Gasteiger partial charge in [0.1, 0.15) is 17.5 Å². The summed E-state index contributed by atoms with van der Waals surface area (Å²) in [6.07, 6.45) is 5.82. The first-order valence-electron chi connectivity index (χ1n) is 11.4. The molecule has 1 aliphatic heterocycles. The minimum absolute atomic E-state index is 0.0808. The first kappa shape index (κ1) is 22.0. The molecule has 1 saturated heterocycles. The third-order valence-corrected chi connectivity index (χ3v) is 6.50. The van der Waals surface area contributed by atoms with Crippen LogP contribution in [0.15, 0.2) is 29.3 Å². The van der Waals surface area contributed by atoms with Crippen LogP contribution < -0.4 is 16.0 Å². The van der Waals surface area contributed by atoms with Crippen LogP contribution in [0.2, 0.25) is 0 Å². The van der Waals surface area contributed by atoms with Crippen molar-refractivity contribution < 1.29 is 9.84 Å². The summed E-state index contributed by atoms with van der Waals surface area (Å²) < 4.78 is 5.90. The molecule has 2 aliphatic rings. The summed E-state index contributed by atoms with van der Waals surface area (Å²) in [6.45, 7) is 5.46. The van der Waals surface area contributed by atoms with E-state index < -0.39 is 6.17 Å². The number of fused-ring (bicyclic) bond motifs is 1. The van der Waals surface area contributed by atoms with Crippen molar-refractivity contribution in [2.75, 3.05) is 25.1 Å². The Morgan fingerprint density at radius 1 is 1.29 bits per heavy atom. The lowest BCUT2D eigenvalue weighted by molar-refractivity contribution is 0.0558. The molecule has 1 aliphatic carbocycles. The first-order valence-corrected chi connectivity index (χ1v) is 11.4. The topological polar surface area (TPSA) is 98.7 Å². The van der Waals surface area contributed by atoms with Gasteiger partial charge in [-0.05, 0) is 51.3 Å². The van der Waals surface area contributed by atoms with E-state index in [0.717, 1.165) is 41.8 Å². The summed E-state index contributed by atoms with van der Waals surface area (Å²) in [4.78, 5) is 11.5. The van der Waals surface area contributed by atoms with Gasteiger partial charge in [0.25, 0.3) is 0 Å². The van der Waals surface area contributed by atoms with Gasteiger partial charge in [-0.15, -0.1) is 0 Å². The van der Waals surface area contributed by atoms with Crippen molar-refractivity contribution in [3.63, 3.8) is 0 Å². The molecule has 4 rings (SSSR count). The lowest BCUT2D eigenvalue weighted by Crippen LogP contribution is -2.55. The van der Waals surface area contributed by atoms with Crippen LogP contribution in [0.25, 0.3) is 10.9 Å². The Kier molecular flexibility index (Phi) is 6.74. The van der Waals surface area contributed by atoms with Crippen LogP contribution in [0.1, 0.15) is 50.2 Å². The number of aryl methyl sites for hydroxylation is 1. The van der Waals surface area contributed by atoms with E-state index in [9.17, 15) is 0 Å². The quantitative estimate of drug-likeness (QED) is 0.420. The molecule has 1 aromatic carbocycles. The Bertz CT molecular complexity index is 939. The molecule has 2 aromatic rings. The zero-order valence-electron chi connectivity index (χ0n) is 18.9. The van der Waals surface area contributed by atoms with Crippen molar-refractivity contribution >= 4 is 22.6 Å². The molecule has 2 fully saturated rings. The molecule has 7 nitrogen and oxygen atoms in total. The maximum atomic E-state index is 8.58. The second-order valence-corrected chi connectivity index (χ2v) is 9.04. The van der Waals surface area contributed by atoms with Crippen molar-refractivity contribution in [1.82, 2.24) is 10.3 Å². The fourth-order valence-corrected chi connectivity index (χ4v) is 4.91. The van der Waals surface area contributed by atoms with E-state index in [1.54, 1.807) is 14.0 Å². The standard InChI is InChI=1S/C24H35N5O2/c1-15-8-9-20-17(12-15)13-19(24(30)26-16(2)25)23(28-20)29-11-10-21(22(14-29)31-3)27-18-6-4-5-7-18/h8-9,12-13,16,18,21-22,27H,4-7,10-11,14,25H2,1-3H3,(H,26,30)/p+1. The number of methoxy groups -OCH3 is 1. The van der Waals surface area contributed by atoms with Gasteiger partial charge < -0.3 is 25.8 Å². The van der Waals surface area contributed by atoms with E-state index >= 15 is 0 Å². The molecule has 31 heavy (non-hydrogen) atoms. The number of benzene rings is 1. The predicted molar refractivity (Wildman–Crippen MR) is 127 cm³/mol. The molecule has 0 spiro atoms. The van der Waals surface area contributed by atoms with Crippen LogP contribution in [0.5, 0.6) is 0 Å². The minimum Gasteiger partial charge on any atom is -0.578 e. The molecule has 2 heterocycles. The van der Waals surface area contributed by atoms with Gasteiger partial charge in [-0.1, -0.05) is 24.5 Å². The van der Waals surface area contributed by atoms with E-state index in [1.807, 2.05) is 12.1 Å². The Hall–Kier alpha value is -2.22. The highest BCUT2D eigenvalue weighted by Gasteiger charge is 2.34. The molecule has 7 heteroatoms. The van der Waals surface area contributed by atoms with Gasteiger partial charge in [0, 0.05) is 37.7 Å². The maximum absolute atomic E-state index is 8.58. The van der Waals surface area contributed by atoms with Crippen molar-refractivity contribution in [2.45, 2.75) is 70.3 Å². The number of aliphatic imine (C=N–C) groups is 1. The van der Waals surface area contributed by atoms with Crippen LogP contribution in [-0.2, 0) is 4.74 Å². The smallest absolute Gasteiger partial charge is 0.365 e. The fraction of sp³-hybridized carbons (Fsp3) is 0.583. The molecular weight excluding hydrogens is 390 g/mol. The minimum atomic E-state index is -0.429. The van der Waals surface area contributed by atoms with Gasteiger partial charge >= 0.3 is 5.90 Å². The summed E-state index contributed by atoms with van der Waals surface area (Å²) in [5.74, 6) is 0.980. The molecule has 3 unspecified atom stereocenters. The van der Waals surface area contributed by atoms with Crippen molar-refractivity contribution in [3.8, 4) is 0 Å². The summed E-state index contributed by atoms with van der Waals surface area (Å²) >= 11 is 0. The van der Waals surface area contributed by atoms with Gasteiger partial charge in [0.15, 0.2) is 0 Å². The number of nitrogens with one attached hydrogen (secondary N) is 1. The van der Waals surface area contributed by atoms with Gasteiger partial charge in [0.05, 0.1) is 11.6 Å². The van der Waals surface area contributed by atoms with E-state index in [4.69, 9.17) is 20.6 Å². The number of pyridine rings is 1. The lowest BCUT2D eigenvalue weighted by Gasteiger charge is -2.40. The Morgan fingerprint density at radius 2 is 2.06 bits per heavy atom. The number of hydrogen-bond donors (Lipinski definition) is 2. The molecule has 5 N–H and O–H groups in total. The number of anilines is 1. The molecule has 3 atom stereocenters. The molecule has 0 bridgehead atoms. The van der Waals surface area contributed by atoms with E-state index in [2.05, 4.69) is 34.3 Å². The van der Waals surface area contributed by atoms with Gasteiger partial charge in [-0.25, -0.2) is 4.98 Å². The second-order valence-electron chi connectivity index (χ2n) is 9.04. The average molecular weight is 427 g/mol. The first-order chi connectivity index (χ1) is 14.9. The number of nitrogens with two attached hydrogens (primary N) is 1. The molecule has 168 valence electrons. The Morgan fingerprint density at radius 3 is 2.77 bits per heavy atom. The monoisotopic (exact) mass is 426 g/mol. The number of hydrogen-bond acceptors (Lipinski definition) is 6.